The summed E-state index contributed by atoms with van der Waals surface area (Å²) in [5, 5.41) is 8.64. The number of nitrogens with zero attached hydrogens (tertiary/aromatic N) is 3. The standard InChI is InChI=1S/C14H19N3O3/c1-11(12-4-2-3-5-15-12)16-6-8-17(9-7-16)13(18)10-14(19)20/h2-5,11H,6-10H2,1H3,(H,19,20). The van der Waals surface area contributed by atoms with E-state index in [4.69, 9.17) is 5.11 Å². The molecule has 1 aromatic heterocycles. The summed E-state index contributed by atoms with van der Waals surface area (Å²) >= 11 is 0. The van der Waals surface area contributed by atoms with E-state index >= 15 is 0 Å². The summed E-state index contributed by atoms with van der Waals surface area (Å²) in [6.45, 7) is 4.72. The summed E-state index contributed by atoms with van der Waals surface area (Å²) < 4.78 is 0. The molecule has 2 rings (SSSR count). The lowest BCUT2D eigenvalue weighted by atomic mass is 10.1. The molecular weight excluding hydrogens is 258 g/mol. The normalized spacial score (nSPS) is 17.8. The van der Waals surface area contributed by atoms with E-state index in [0.29, 0.717) is 13.1 Å². The third-order valence-electron chi connectivity index (χ3n) is 3.63. The van der Waals surface area contributed by atoms with Crippen molar-refractivity contribution in [2.75, 3.05) is 26.2 Å². The summed E-state index contributed by atoms with van der Waals surface area (Å²) in [7, 11) is 0. The number of hydrogen-bond acceptors (Lipinski definition) is 4. The number of hydrogen-bond donors (Lipinski definition) is 1. The van der Waals surface area contributed by atoms with Crippen molar-refractivity contribution in [3.63, 3.8) is 0 Å². The molecule has 2 heterocycles. The van der Waals surface area contributed by atoms with Crippen LogP contribution in [0.15, 0.2) is 24.4 Å². The third kappa shape index (κ3) is 3.54. The summed E-state index contributed by atoms with van der Waals surface area (Å²) in [5.41, 5.74) is 1.01. The number of rotatable bonds is 4. The zero-order valence-corrected chi connectivity index (χ0v) is 11.5. The van der Waals surface area contributed by atoms with Gasteiger partial charge in [-0.05, 0) is 19.1 Å². The van der Waals surface area contributed by atoms with E-state index in [9.17, 15) is 9.59 Å². The Bertz CT molecular complexity index is 470. The molecule has 0 radical (unpaired) electrons. The molecule has 0 saturated carbocycles. The fourth-order valence-electron chi connectivity index (χ4n) is 2.41. The first kappa shape index (κ1) is 14.5. The lowest BCUT2D eigenvalue weighted by molar-refractivity contribution is -0.145. The number of amides is 1. The zero-order chi connectivity index (χ0) is 14.5. The molecule has 1 aliphatic heterocycles. The van der Waals surface area contributed by atoms with E-state index in [1.54, 1.807) is 11.1 Å². The molecule has 1 unspecified atom stereocenters. The Kier molecular flexibility index (Phi) is 4.68. The molecule has 20 heavy (non-hydrogen) atoms. The minimum atomic E-state index is -1.07. The van der Waals surface area contributed by atoms with Gasteiger partial charge < -0.3 is 10.0 Å². The van der Waals surface area contributed by atoms with Gasteiger partial charge in [0, 0.05) is 38.4 Å². The molecule has 0 aliphatic carbocycles. The molecular formula is C14H19N3O3. The van der Waals surface area contributed by atoms with E-state index in [1.165, 1.54) is 0 Å². The number of carbonyl (C=O) groups is 2. The van der Waals surface area contributed by atoms with Crippen LogP contribution in [-0.4, -0.2) is 57.9 Å². The summed E-state index contributed by atoms with van der Waals surface area (Å²) in [6, 6.07) is 6.05. The highest BCUT2D eigenvalue weighted by Gasteiger charge is 2.25. The number of aliphatic carboxylic acids is 1. The van der Waals surface area contributed by atoms with Crippen LogP contribution in [0.4, 0.5) is 0 Å². The van der Waals surface area contributed by atoms with Crippen LogP contribution in [0.3, 0.4) is 0 Å². The maximum Gasteiger partial charge on any atom is 0.312 e. The average Bonchev–Trinajstić information content (AvgIpc) is 2.47. The quantitative estimate of drug-likeness (QED) is 0.823. The lowest BCUT2D eigenvalue weighted by Gasteiger charge is -2.37. The second-order valence-corrected chi connectivity index (χ2v) is 4.92. The Morgan fingerprint density at radius 1 is 1.30 bits per heavy atom. The number of carboxylic acids is 1. The van der Waals surface area contributed by atoms with Crippen molar-refractivity contribution in [3.05, 3.63) is 30.1 Å². The fourth-order valence-corrected chi connectivity index (χ4v) is 2.41. The van der Waals surface area contributed by atoms with Gasteiger partial charge in [0.2, 0.25) is 5.91 Å². The highest BCUT2D eigenvalue weighted by molar-refractivity contribution is 5.93. The first-order valence-electron chi connectivity index (χ1n) is 6.72. The molecule has 0 bridgehead atoms. The largest absolute Gasteiger partial charge is 0.481 e. The van der Waals surface area contributed by atoms with Crippen molar-refractivity contribution in [2.24, 2.45) is 0 Å². The Morgan fingerprint density at radius 2 is 2.00 bits per heavy atom. The minimum absolute atomic E-state index is 0.202. The van der Waals surface area contributed by atoms with E-state index in [1.807, 2.05) is 18.2 Å². The van der Waals surface area contributed by atoms with Gasteiger partial charge in [-0.25, -0.2) is 0 Å². The molecule has 1 N–H and O–H groups in total. The van der Waals surface area contributed by atoms with E-state index in [-0.39, 0.29) is 11.9 Å². The van der Waals surface area contributed by atoms with Crippen LogP contribution in [0.1, 0.15) is 25.1 Å². The Balaban J connectivity index is 1.88. The molecule has 6 nitrogen and oxygen atoms in total. The molecule has 1 atom stereocenters. The van der Waals surface area contributed by atoms with E-state index < -0.39 is 12.4 Å². The lowest BCUT2D eigenvalue weighted by Crippen LogP contribution is -2.49. The van der Waals surface area contributed by atoms with Gasteiger partial charge in [-0.3, -0.25) is 19.5 Å². The molecule has 1 saturated heterocycles. The van der Waals surface area contributed by atoms with Gasteiger partial charge in [-0.2, -0.15) is 0 Å². The van der Waals surface area contributed by atoms with Crippen LogP contribution in [0.25, 0.3) is 0 Å². The van der Waals surface area contributed by atoms with Crippen molar-refractivity contribution >= 4 is 11.9 Å². The second-order valence-electron chi connectivity index (χ2n) is 4.92. The predicted octanol–water partition coefficient (Wildman–Crippen LogP) is 0.761. The monoisotopic (exact) mass is 277 g/mol. The van der Waals surface area contributed by atoms with Crippen molar-refractivity contribution in [2.45, 2.75) is 19.4 Å². The Morgan fingerprint density at radius 3 is 2.55 bits per heavy atom. The van der Waals surface area contributed by atoms with Crippen molar-refractivity contribution in [1.82, 2.24) is 14.8 Å². The van der Waals surface area contributed by atoms with Gasteiger partial charge in [0.1, 0.15) is 6.42 Å². The minimum Gasteiger partial charge on any atom is -0.481 e. The average molecular weight is 277 g/mol. The van der Waals surface area contributed by atoms with Crippen molar-refractivity contribution in [1.29, 1.82) is 0 Å². The predicted molar refractivity (Wildman–Crippen MR) is 73.1 cm³/mol. The van der Waals surface area contributed by atoms with Crippen molar-refractivity contribution < 1.29 is 14.7 Å². The van der Waals surface area contributed by atoms with E-state index in [2.05, 4.69) is 16.8 Å². The number of carbonyl (C=O) groups excluding carboxylic acids is 1. The van der Waals surface area contributed by atoms with Gasteiger partial charge in [0.05, 0.1) is 5.69 Å². The highest BCUT2D eigenvalue weighted by atomic mass is 16.4. The molecule has 0 aromatic carbocycles. The number of pyridine rings is 1. The second kappa shape index (κ2) is 6.47. The first-order valence-corrected chi connectivity index (χ1v) is 6.72. The van der Waals surface area contributed by atoms with E-state index in [0.717, 1.165) is 18.8 Å². The topological polar surface area (TPSA) is 73.7 Å². The van der Waals surface area contributed by atoms with Gasteiger partial charge >= 0.3 is 5.97 Å². The van der Waals surface area contributed by atoms with Crippen LogP contribution >= 0.6 is 0 Å². The van der Waals surface area contributed by atoms with Crippen molar-refractivity contribution in [3.8, 4) is 0 Å². The summed E-state index contributed by atoms with van der Waals surface area (Å²) in [6.07, 6.45) is 1.36. The molecule has 1 amide bonds. The first-order chi connectivity index (χ1) is 9.58. The number of piperazine rings is 1. The van der Waals surface area contributed by atoms with Gasteiger partial charge in [0.25, 0.3) is 0 Å². The van der Waals surface area contributed by atoms with Gasteiger partial charge in [-0.1, -0.05) is 6.07 Å². The number of carboxylic acid groups (broad SMARTS) is 1. The maximum absolute atomic E-state index is 11.7. The van der Waals surface area contributed by atoms with Crippen LogP contribution in [0.5, 0.6) is 0 Å². The Hall–Kier alpha value is -1.95. The molecule has 1 aromatic rings. The van der Waals surface area contributed by atoms with Gasteiger partial charge in [-0.15, -0.1) is 0 Å². The van der Waals surface area contributed by atoms with Crippen LogP contribution in [0, 0.1) is 0 Å². The van der Waals surface area contributed by atoms with Gasteiger partial charge in [0.15, 0.2) is 0 Å². The van der Waals surface area contributed by atoms with Crippen LogP contribution in [0.2, 0.25) is 0 Å². The van der Waals surface area contributed by atoms with Crippen LogP contribution < -0.4 is 0 Å². The highest BCUT2D eigenvalue weighted by Crippen LogP contribution is 2.19. The Labute approximate surface area is 118 Å². The maximum atomic E-state index is 11.7. The zero-order valence-electron chi connectivity index (χ0n) is 11.5. The van der Waals surface area contributed by atoms with Crippen LogP contribution in [-0.2, 0) is 9.59 Å². The molecule has 108 valence electrons. The fraction of sp³-hybridized carbons (Fsp3) is 0.500. The smallest absolute Gasteiger partial charge is 0.312 e. The number of aromatic nitrogens is 1. The SMILES string of the molecule is CC(c1ccccn1)N1CCN(C(=O)CC(=O)O)CC1. The molecule has 0 spiro atoms. The third-order valence-corrected chi connectivity index (χ3v) is 3.63. The summed E-state index contributed by atoms with van der Waals surface area (Å²) in [4.78, 5) is 30.4. The summed E-state index contributed by atoms with van der Waals surface area (Å²) in [5.74, 6) is -1.37. The molecule has 1 fully saturated rings. The molecule has 6 heteroatoms. The molecule has 1 aliphatic rings.